The predicted molar refractivity (Wildman–Crippen MR) is 86.2 cm³/mol. The van der Waals surface area contributed by atoms with Crippen molar-refractivity contribution in [1.29, 1.82) is 0 Å². The van der Waals surface area contributed by atoms with E-state index in [9.17, 15) is 9.59 Å². The molecule has 1 unspecified atom stereocenters. The monoisotopic (exact) mass is 304 g/mol. The van der Waals surface area contributed by atoms with Crippen LogP contribution in [0.25, 0.3) is 0 Å². The molecule has 1 atom stereocenters. The second-order valence-corrected chi connectivity index (χ2v) is 5.69. The van der Waals surface area contributed by atoms with Crippen molar-refractivity contribution in [2.24, 2.45) is 0 Å². The Hall–Kier alpha value is -2.04. The van der Waals surface area contributed by atoms with Gasteiger partial charge in [0.15, 0.2) is 6.10 Å². The average Bonchev–Trinajstić information content (AvgIpc) is 2.50. The van der Waals surface area contributed by atoms with Crippen molar-refractivity contribution in [2.45, 2.75) is 45.6 Å². The van der Waals surface area contributed by atoms with Crippen LogP contribution in [-0.4, -0.2) is 31.5 Å². The molecular weight excluding hydrogens is 280 g/mol. The third-order valence-electron chi connectivity index (χ3n) is 3.83. The van der Waals surface area contributed by atoms with Gasteiger partial charge >= 0.3 is 0 Å². The van der Waals surface area contributed by atoms with Crippen LogP contribution in [0.3, 0.4) is 0 Å². The number of likely N-dealkylation sites (N-methyl/N-ethyl adjacent to an activating group) is 1. The van der Waals surface area contributed by atoms with Crippen LogP contribution in [0.15, 0.2) is 18.2 Å². The second-order valence-electron chi connectivity index (χ2n) is 5.69. The number of fused-ring (bicyclic) bond motifs is 1. The highest BCUT2D eigenvalue weighted by molar-refractivity contribution is 5.99. The summed E-state index contributed by atoms with van der Waals surface area (Å²) in [7, 11) is 1.73. The molecule has 0 bridgehead atoms. The Morgan fingerprint density at radius 3 is 2.86 bits per heavy atom. The SMILES string of the molecule is CCCCCNC(=O)Cc1ccc2c(c1)N(C)C(=O)C(C)O2. The van der Waals surface area contributed by atoms with Crippen LogP contribution in [0, 0.1) is 0 Å². The van der Waals surface area contributed by atoms with Crippen molar-refractivity contribution in [3.63, 3.8) is 0 Å². The number of hydrogen-bond acceptors (Lipinski definition) is 3. The van der Waals surface area contributed by atoms with Gasteiger partial charge in [0.1, 0.15) is 5.75 Å². The van der Waals surface area contributed by atoms with Gasteiger partial charge in [0.25, 0.3) is 5.91 Å². The molecule has 1 N–H and O–H groups in total. The molecule has 1 aromatic rings. The number of nitrogens with one attached hydrogen (secondary N) is 1. The highest BCUT2D eigenvalue weighted by atomic mass is 16.5. The molecule has 1 aliphatic heterocycles. The molecule has 22 heavy (non-hydrogen) atoms. The van der Waals surface area contributed by atoms with Crippen LogP contribution in [0.5, 0.6) is 5.75 Å². The maximum Gasteiger partial charge on any atom is 0.267 e. The van der Waals surface area contributed by atoms with E-state index in [-0.39, 0.29) is 11.8 Å². The van der Waals surface area contributed by atoms with Gasteiger partial charge in [-0.3, -0.25) is 9.59 Å². The summed E-state index contributed by atoms with van der Waals surface area (Å²) in [5.41, 5.74) is 1.60. The molecular formula is C17H24N2O3. The minimum atomic E-state index is -0.467. The fraction of sp³-hybridized carbons (Fsp3) is 0.529. The van der Waals surface area contributed by atoms with Crippen molar-refractivity contribution >= 4 is 17.5 Å². The van der Waals surface area contributed by atoms with E-state index in [0.29, 0.717) is 12.2 Å². The largest absolute Gasteiger partial charge is 0.479 e. The van der Waals surface area contributed by atoms with E-state index in [1.54, 1.807) is 18.9 Å². The van der Waals surface area contributed by atoms with Crippen molar-refractivity contribution in [2.75, 3.05) is 18.5 Å². The summed E-state index contributed by atoms with van der Waals surface area (Å²) in [5, 5.41) is 2.92. The highest BCUT2D eigenvalue weighted by Gasteiger charge is 2.28. The predicted octanol–water partition coefficient (Wildman–Crippen LogP) is 2.28. The molecule has 1 heterocycles. The number of nitrogens with zero attached hydrogens (tertiary/aromatic N) is 1. The fourth-order valence-corrected chi connectivity index (χ4v) is 2.52. The molecule has 2 rings (SSSR count). The van der Waals surface area contributed by atoms with Crippen molar-refractivity contribution in [3.8, 4) is 5.75 Å². The molecule has 0 aromatic heterocycles. The molecule has 1 aromatic carbocycles. The molecule has 5 nitrogen and oxygen atoms in total. The lowest BCUT2D eigenvalue weighted by atomic mass is 10.1. The zero-order valence-electron chi connectivity index (χ0n) is 13.5. The van der Waals surface area contributed by atoms with Gasteiger partial charge in [0, 0.05) is 13.6 Å². The Balaban J connectivity index is 1.99. The lowest BCUT2D eigenvalue weighted by molar-refractivity contribution is -0.125. The van der Waals surface area contributed by atoms with E-state index < -0.39 is 6.10 Å². The zero-order valence-corrected chi connectivity index (χ0v) is 13.5. The standard InChI is InChI=1S/C17H24N2O3/c1-4-5-6-9-18-16(20)11-13-7-8-15-14(10-13)19(3)17(21)12(2)22-15/h7-8,10,12H,4-6,9,11H2,1-3H3,(H,18,20). The Labute approximate surface area is 131 Å². The van der Waals surface area contributed by atoms with E-state index in [4.69, 9.17) is 4.74 Å². The lowest BCUT2D eigenvalue weighted by Crippen LogP contribution is -2.42. The van der Waals surface area contributed by atoms with E-state index in [0.717, 1.165) is 37.1 Å². The van der Waals surface area contributed by atoms with Crippen LogP contribution in [0.1, 0.15) is 38.7 Å². The number of anilines is 1. The third-order valence-corrected chi connectivity index (χ3v) is 3.83. The summed E-state index contributed by atoms with van der Waals surface area (Å²) in [4.78, 5) is 25.5. The second kappa shape index (κ2) is 7.29. The maximum absolute atomic E-state index is 11.9. The number of rotatable bonds is 6. The average molecular weight is 304 g/mol. The molecule has 2 amide bonds. The summed E-state index contributed by atoms with van der Waals surface area (Å²) >= 11 is 0. The molecule has 0 fully saturated rings. The summed E-state index contributed by atoms with van der Waals surface area (Å²) in [6, 6.07) is 5.56. The van der Waals surface area contributed by atoms with Crippen LogP contribution < -0.4 is 15.0 Å². The minimum Gasteiger partial charge on any atom is -0.479 e. The number of amides is 2. The van der Waals surface area contributed by atoms with E-state index in [1.807, 2.05) is 18.2 Å². The minimum absolute atomic E-state index is 0.00938. The number of carbonyl (C=O) groups is 2. The highest BCUT2D eigenvalue weighted by Crippen LogP contribution is 2.33. The quantitative estimate of drug-likeness (QED) is 0.820. The van der Waals surface area contributed by atoms with E-state index in [2.05, 4.69) is 12.2 Å². The van der Waals surface area contributed by atoms with Crippen molar-refractivity contribution in [1.82, 2.24) is 5.32 Å². The first kappa shape index (κ1) is 16.3. The molecule has 0 aliphatic carbocycles. The smallest absolute Gasteiger partial charge is 0.267 e. The summed E-state index contributed by atoms with van der Waals surface area (Å²) in [6.45, 7) is 4.59. The first-order chi connectivity index (χ1) is 10.5. The van der Waals surface area contributed by atoms with Gasteiger partial charge < -0.3 is 15.0 Å². The maximum atomic E-state index is 11.9. The normalized spacial score (nSPS) is 17.0. The first-order valence-corrected chi connectivity index (χ1v) is 7.86. The van der Waals surface area contributed by atoms with E-state index in [1.165, 1.54) is 0 Å². The molecule has 120 valence electrons. The van der Waals surface area contributed by atoms with Crippen LogP contribution in [0.4, 0.5) is 5.69 Å². The molecule has 0 radical (unpaired) electrons. The van der Waals surface area contributed by atoms with E-state index >= 15 is 0 Å². The van der Waals surface area contributed by atoms with Crippen molar-refractivity contribution in [3.05, 3.63) is 23.8 Å². The Bertz CT molecular complexity index is 557. The zero-order chi connectivity index (χ0) is 16.1. The molecule has 5 heteroatoms. The van der Waals surface area contributed by atoms with Crippen LogP contribution >= 0.6 is 0 Å². The van der Waals surface area contributed by atoms with Gasteiger partial charge in [-0.05, 0) is 31.0 Å². The number of hydrogen-bond donors (Lipinski definition) is 1. The third kappa shape index (κ3) is 3.78. The molecule has 0 saturated heterocycles. The summed E-state index contributed by atoms with van der Waals surface area (Å²) in [6.07, 6.45) is 3.12. The van der Waals surface area contributed by atoms with Gasteiger partial charge in [-0.2, -0.15) is 0 Å². The van der Waals surface area contributed by atoms with Crippen LogP contribution in [0.2, 0.25) is 0 Å². The van der Waals surface area contributed by atoms with Gasteiger partial charge in [0.2, 0.25) is 5.91 Å². The lowest BCUT2D eigenvalue weighted by Gasteiger charge is -2.30. The fourth-order valence-electron chi connectivity index (χ4n) is 2.52. The topological polar surface area (TPSA) is 58.6 Å². The van der Waals surface area contributed by atoms with Gasteiger partial charge in [-0.15, -0.1) is 0 Å². The summed E-state index contributed by atoms with van der Waals surface area (Å²) in [5.74, 6) is 0.616. The number of benzene rings is 1. The van der Waals surface area contributed by atoms with Gasteiger partial charge in [-0.25, -0.2) is 0 Å². The molecule has 0 saturated carbocycles. The van der Waals surface area contributed by atoms with Crippen LogP contribution in [-0.2, 0) is 16.0 Å². The number of unbranched alkanes of at least 4 members (excludes halogenated alkanes) is 2. The molecule has 0 spiro atoms. The van der Waals surface area contributed by atoms with Gasteiger partial charge in [0.05, 0.1) is 12.1 Å². The van der Waals surface area contributed by atoms with Crippen molar-refractivity contribution < 1.29 is 14.3 Å². The Morgan fingerprint density at radius 1 is 1.36 bits per heavy atom. The first-order valence-electron chi connectivity index (χ1n) is 7.86. The number of ether oxygens (including phenoxy) is 1. The van der Waals surface area contributed by atoms with Gasteiger partial charge in [-0.1, -0.05) is 25.8 Å². The Kier molecular flexibility index (Phi) is 5.41. The summed E-state index contributed by atoms with van der Waals surface area (Å²) < 4.78 is 5.57. The number of carbonyl (C=O) groups excluding carboxylic acids is 2. The Morgan fingerprint density at radius 2 is 2.14 bits per heavy atom. The molecule has 1 aliphatic rings.